The molecule has 90 heavy (non-hydrogen) atoms. The summed E-state index contributed by atoms with van der Waals surface area (Å²) in [5.41, 5.74) is 1.91. The molecule has 8 fully saturated rings. The Hall–Kier alpha value is -6.84. The van der Waals surface area contributed by atoms with Crippen molar-refractivity contribution in [3.05, 3.63) is 58.7 Å². The van der Waals surface area contributed by atoms with E-state index in [0.29, 0.717) is 22.3 Å². The van der Waals surface area contributed by atoms with Crippen LogP contribution in [0.1, 0.15) is 77.6 Å². The number of nitrogens with one attached hydrogen (secondary N) is 4. The highest BCUT2D eigenvalue weighted by Gasteiger charge is 2.61. The van der Waals surface area contributed by atoms with E-state index in [4.69, 9.17) is 75.8 Å². The highest BCUT2D eigenvalue weighted by molar-refractivity contribution is 5.87. The summed E-state index contributed by atoms with van der Waals surface area (Å²) >= 11 is 0. The highest BCUT2D eigenvalue weighted by atomic mass is 16.9. The maximum Gasteiger partial charge on any atom is 0.322 e. The number of rotatable bonds is 26. The van der Waals surface area contributed by atoms with E-state index in [2.05, 4.69) is 31.5 Å². The van der Waals surface area contributed by atoms with Crippen LogP contribution < -0.4 is 21.3 Å². The molecule has 8 N–H and O–H groups in total. The fourth-order valence-corrected chi connectivity index (χ4v) is 11.4. The van der Waals surface area contributed by atoms with Crippen molar-refractivity contribution >= 4 is 58.9 Å². The molecule has 0 aromatic heterocycles. The molecule has 8 heterocycles. The molecule has 8 aliphatic rings. The van der Waals surface area contributed by atoms with E-state index in [-0.39, 0.29) is 37.8 Å². The van der Waals surface area contributed by atoms with Gasteiger partial charge in [0.2, 0.25) is 0 Å². The number of nitrogens with zero attached hydrogens (tertiary/aromatic N) is 2. The molecule has 0 saturated carbocycles. The van der Waals surface area contributed by atoms with E-state index in [9.17, 15) is 58.8 Å². The maximum absolute atomic E-state index is 13.4. The molecular weight excluding hydrogens is 1200 g/mol. The van der Waals surface area contributed by atoms with Crippen molar-refractivity contribution in [1.29, 1.82) is 0 Å². The van der Waals surface area contributed by atoms with Gasteiger partial charge in [-0.2, -0.15) is 10.2 Å². The third-order valence-electron chi connectivity index (χ3n) is 14.8. The van der Waals surface area contributed by atoms with Crippen molar-refractivity contribution in [2.45, 2.75) is 203 Å². The van der Waals surface area contributed by atoms with Gasteiger partial charge in [0.15, 0.2) is 72.7 Å². The highest BCUT2D eigenvalue weighted by Crippen LogP contribution is 2.44. The first-order chi connectivity index (χ1) is 42.4. The van der Waals surface area contributed by atoms with E-state index in [1.165, 1.54) is 0 Å². The van der Waals surface area contributed by atoms with E-state index in [1.54, 1.807) is 91.8 Å². The summed E-state index contributed by atoms with van der Waals surface area (Å²) in [6, 6.07) is 9.69. The van der Waals surface area contributed by atoms with E-state index in [0.717, 1.165) is 0 Å². The number of benzene rings is 2. The van der Waals surface area contributed by atoms with Gasteiger partial charge in [-0.15, -0.1) is 0 Å². The summed E-state index contributed by atoms with van der Waals surface area (Å²) in [6.45, 7) is 9.10. The summed E-state index contributed by atoms with van der Waals surface area (Å²) in [5.74, 6) is -13.1. The monoisotopic (exact) mass is 1270 g/mol. The van der Waals surface area contributed by atoms with Gasteiger partial charge in [0.05, 0.1) is 37.8 Å². The lowest BCUT2D eigenvalue weighted by Crippen LogP contribution is -2.46. The standard InChI is InChI=1S/C56H70N6O28/c1-53(2)83-41-33(37(79-49(41)87-53)45(71)57-15-29(63)64)75-19-23-9-24(20-76-34-38(46(72)58-16-30(65)66)80-50-42(34)84-54(3,4)88-50)12-27(11-23)61-62-28-13-25(21-77-35-39(47(73)59-17-31(67)68)81-51-43(35)85-55(5,6)89-51)10-26(14-28)22-78-36-40(48(74)60-18-32(69)70)82-52-44(36)86-56(7,8)90-52/h9-14,33-44,49-52H,15-22H2,1-8H3,(H,57,71)(H,58,72)(H,59,73)(H,60,74)(H,63,64)(H,65,66)(H,67,68)(H,69,70)/t33-,34-,35-,36-,37+,38+,39+,40+,41-,42-,43-,44-,49-,50-,51-,52-/m1/s1. The molecule has 34 nitrogen and oxygen atoms in total. The second-order valence-electron chi connectivity index (χ2n) is 23.9. The Morgan fingerprint density at radius 1 is 0.367 bits per heavy atom. The van der Waals surface area contributed by atoms with Gasteiger partial charge in [-0.05, 0) is 102 Å². The van der Waals surface area contributed by atoms with Crippen LogP contribution in [0, 0.1) is 0 Å². The van der Waals surface area contributed by atoms with Crippen LogP contribution >= 0.6 is 0 Å². The van der Waals surface area contributed by atoms with Crippen molar-refractivity contribution in [2.24, 2.45) is 10.2 Å². The fraction of sp³-hybridized carbons (Fsp3) is 0.643. The molecule has 4 amide bonds. The summed E-state index contributed by atoms with van der Waals surface area (Å²) in [7, 11) is 0. The van der Waals surface area contributed by atoms with Crippen molar-refractivity contribution in [3.8, 4) is 0 Å². The first-order valence-corrected chi connectivity index (χ1v) is 28.5. The third kappa shape index (κ3) is 15.7. The van der Waals surface area contributed by atoms with Crippen molar-refractivity contribution in [3.63, 3.8) is 0 Å². The average molecular weight is 1280 g/mol. The molecule has 8 saturated heterocycles. The number of azo groups is 1. The van der Waals surface area contributed by atoms with Gasteiger partial charge in [0.1, 0.15) is 75.0 Å². The number of hydrogen-bond acceptors (Lipinski definition) is 26. The number of carbonyl (C=O) groups excluding carboxylic acids is 4. The van der Waals surface area contributed by atoms with E-state index >= 15 is 0 Å². The van der Waals surface area contributed by atoms with Crippen molar-refractivity contribution in [2.75, 3.05) is 26.2 Å². The largest absolute Gasteiger partial charge is 0.480 e. The summed E-state index contributed by atoms with van der Waals surface area (Å²) in [5, 5.41) is 55.8. The number of carboxylic acid groups (broad SMARTS) is 4. The second kappa shape index (κ2) is 26.4. The predicted molar refractivity (Wildman–Crippen MR) is 289 cm³/mol. The van der Waals surface area contributed by atoms with Crippen LogP contribution in [0.25, 0.3) is 0 Å². The van der Waals surface area contributed by atoms with Crippen LogP contribution in [0.15, 0.2) is 46.6 Å². The van der Waals surface area contributed by atoms with Crippen LogP contribution in [0.5, 0.6) is 0 Å². The molecule has 34 heteroatoms. The Bertz CT molecular complexity index is 2730. The zero-order valence-corrected chi connectivity index (χ0v) is 49.8. The van der Waals surface area contributed by atoms with Crippen LogP contribution in [0.2, 0.25) is 0 Å². The molecular formula is C56H70N6O28. The molecule has 0 unspecified atom stereocenters. The fourth-order valence-electron chi connectivity index (χ4n) is 11.4. The molecule has 16 atom stereocenters. The zero-order valence-electron chi connectivity index (χ0n) is 49.8. The van der Waals surface area contributed by atoms with Gasteiger partial charge < -0.3 is 117 Å². The topological polar surface area (TPSA) is 438 Å². The van der Waals surface area contributed by atoms with Gasteiger partial charge in [-0.3, -0.25) is 38.4 Å². The number of aliphatic carboxylic acids is 4. The summed E-state index contributed by atoms with van der Waals surface area (Å²) in [4.78, 5) is 99.4. The van der Waals surface area contributed by atoms with Gasteiger partial charge in [0, 0.05) is 0 Å². The second-order valence-corrected chi connectivity index (χ2v) is 23.9. The average Bonchev–Trinajstić information content (AvgIpc) is 1.65. The van der Waals surface area contributed by atoms with Gasteiger partial charge in [-0.1, -0.05) is 12.1 Å². The minimum absolute atomic E-state index is 0.167. The quantitative estimate of drug-likeness (QED) is 0.0573. The van der Waals surface area contributed by atoms with Gasteiger partial charge >= 0.3 is 23.9 Å². The Kier molecular flexibility index (Phi) is 19.4. The first kappa shape index (κ1) is 66.1. The van der Waals surface area contributed by atoms with Crippen LogP contribution in [-0.4, -0.2) is 216 Å². The molecule has 8 aliphatic heterocycles. The number of carbonyl (C=O) groups is 8. The lowest BCUT2D eigenvalue weighted by Gasteiger charge is -2.26. The molecule has 2 aromatic carbocycles. The van der Waals surface area contributed by atoms with Gasteiger partial charge in [0.25, 0.3) is 23.6 Å². The minimum atomic E-state index is -1.39. The SMILES string of the molecule is CC1(C)O[C@H]2O[C@H](C(=O)NCC(=O)O)[C@@H](OCc3cc(CO[C@H]4[C@H]5OC(C)(C)O[C@H]5O[C@@H]4C(=O)NCC(=O)O)cc(N=Nc4cc(CO[C@H]5[C@H]6OC(C)(C)O[C@H]6O[C@@H]5C(=O)NCC(=O)O)cc(CO[C@H]5[C@H]6OC(C)(C)O[C@H]6O[C@@H]5C(=O)NCC(=O)O)c4)c3)[C@H]2O1. The van der Waals surface area contributed by atoms with Crippen LogP contribution in [-0.2, 0) is 141 Å². The Balaban J connectivity index is 0.974. The predicted octanol–water partition coefficient (Wildman–Crippen LogP) is -0.0484. The van der Waals surface area contributed by atoms with Crippen molar-refractivity contribution < 1.29 is 135 Å². The van der Waals surface area contributed by atoms with Gasteiger partial charge in [-0.25, -0.2) is 0 Å². The van der Waals surface area contributed by atoms with E-state index < -0.39 is 195 Å². The lowest BCUT2D eigenvalue weighted by molar-refractivity contribution is -0.219. The normalized spacial score (nSPS) is 32.8. The Morgan fingerprint density at radius 2 is 0.578 bits per heavy atom. The Labute approximate surface area is 511 Å². The molecule has 0 radical (unpaired) electrons. The van der Waals surface area contributed by atoms with Crippen LogP contribution in [0.4, 0.5) is 11.4 Å². The summed E-state index contributed by atoms with van der Waals surface area (Å²) < 4.78 is 97.3. The smallest absolute Gasteiger partial charge is 0.322 e. The molecule has 0 bridgehead atoms. The van der Waals surface area contributed by atoms with Crippen LogP contribution in [0.3, 0.4) is 0 Å². The maximum atomic E-state index is 13.4. The molecule has 10 rings (SSSR count). The van der Waals surface area contributed by atoms with Crippen molar-refractivity contribution in [1.82, 2.24) is 21.3 Å². The number of carboxylic acids is 4. The minimum Gasteiger partial charge on any atom is -0.480 e. The molecule has 492 valence electrons. The number of amides is 4. The first-order valence-electron chi connectivity index (χ1n) is 28.5. The molecule has 2 aromatic rings. The lowest BCUT2D eigenvalue weighted by atomic mass is 10.1. The molecule has 0 aliphatic carbocycles. The number of hydrogen-bond donors (Lipinski definition) is 8. The third-order valence-corrected chi connectivity index (χ3v) is 14.8. The molecule has 0 spiro atoms. The number of fused-ring (bicyclic) bond motifs is 4. The zero-order chi connectivity index (χ0) is 64.8. The van der Waals surface area contributed by atoms with E-state index in [1.807, 2.05) is 0 Å². The Morgan fingerprint density at radius 3 is 0.778 bits per heavy atom. The summed E-state index contributed by atoms with van der Waals surface area (Å²) in [6.07, 6.45) is -18.4. The number of ether oxygens (including phenoxy) is 16.